The first-order chi connectivity index (χ1) is 17.1. The molecular weight excluding hydrogens is 465 g/mol. The summed E-state index contributed by atoms with van der Waals surface area (Å²) in [6.45, 7) is 8.39. The maximum atomic E-state index is 13.4. The number of carbonyl (C=O) groups excluding carboxylic acids is 2. The van der Waals surface area contributed by atoms with E-state index in [1.54, 1.807) is 27.0 Å². The van der Waals surface area contributed by atoms with Crippen LogP contribution in [0.3, 0.4) is 0 Å². The zero-order chi connectivity index (χ0) is 26.6. The average Bonchev–Trinajstić information content (AvgIpc) is 2.79. The molecule has 2 amide bonds. The minimum atomic E-state index is -0.618. The lowest BCUT2D eigenvalue weighted by Gasteiger charge is -2.24. The number of carbonyl (C=O) groups is 2. The largest absolute Gasteiger partial charge is 0.444 e. The second-order valence-corrected chi connectivity index (χ2v) is 8.99. The summed E-state index contributed by atoms with van der Waals surface area (Å²) >= 11 is 0. The highest BCUT2D eigenvalue weighted by molar-refractivity contribution is 5.82. The number of rotatable bonds is 10. The molecule has 2 heterocycles. The molecule has 0 saturated heterocycles. The lowest BCUT2D eigenvalue weighted by molar-refractivity contribution is -0.122. The molecular formula is C25H34FN7O3. The van der Waals surface area contributed by atoms with Crippen molar-refractivity contribution in [3.63, 3.8) is 0 Å². The van der Waals surface area contributed by atoms with Crippen LogP contribution >= 0.6 is 0 Å². The number of unbranched alkanes of at least 4 members (excludes halogenated alkanes) is 1. The number of pyridine rings is 1. The molecule has 0 aromatic carbocycles. The molecule has 2 aromatic heterocycles. The molecule has 3 N–H and O–H groups in total. The first kappa shape index (κ1) is 28.3. The maximum absolute atomic E-state index is 13.4. The van der Waals surface area contributed by atoms with Crippen LogP contribution in [0.25, 0.3) is 0 Å². The molecule has 2 aromatic rings. The zero-order valence-electron chi connectivity index (χ0n) is 21.4. The minimum absolute atomic E-state index is 0.0868. The number of nitrogens with zero attached hydrogens (tertiary/aromatic N) is 4. The maximum Gasteiger partial charge on any atom is 0.410 e. The van der Waals surface area contributed by atoms with Gasteiger partial charge in [-0.05, 0) is 33.6 Å². The third kappa shape index (κ3) is 10.5. The van der Waals surface area contributed by atoms with Gasteiger partial charge in [0.1, 0.15) is 23.8 Å². The summed E-state index contributed by atoms with van der Waals surface area (Å²) in [5.74, 6) is 6.27. The van der Waals surface area contributed by atoms with E-state index >= 15 is 0 Å². The minimum Gasteiger partial charge on any atom is -0.444 e. The fourth-order valence-electron chi connectivity index (χ4n) is 2.76. The van der Waals surface area contributed by atoms with Crippen molar-refractivity contribution in [3.05, 3.63) is 36.0 Å². The van der Waals surface area contributed by atoms with E-state index in [-0.39, 0.29) is 12.5 Å². The monoisotopic (exact) mass is 499 g/mol. The van der Waals surface area contributed by atoms with Gasteiger partial charge in [0.2, 0.25) is 11.9 Å². The van der Waals surface area contributed by atoms with Crippen LogP contribution in [0.2, 0.25) is 0 Å². The van der Waals surface area contributed by atoms with Gasteiger partial charge < -0.3 is 25.6 Å². The van der Waals surface area contributed by atoms with Gasteiger partial charge in [0.15, 0.2) is 0 Å². The molecule has 2 rings (SSSR count). The van der Waals surface area contributed by atoms with Gasteiger partial charge in [0, 0.05) is 32.6 Å². The Labute approximate surface area is 211 Å². The van der Waals surface area contributed by atoms with Gasteiger partial charge in [-0.15, -0.1) is 0 Å². The molecule has 0 spiro atoms. The summed E-state index contributed by atoms with van der Waals surface area (Å²) in [6, 6.07) is 1.30. The molecule has 0 aliphatic rings. The molecule has 0 unspecified atom stereocenters. The van der Waals surface area contributed by atoms with Crippen LogP contribution in [-0.2, 0) is 9.53 Å². The van der Waals surface area contributed by atoms with Crippen molar-refractivity contribution < 1.29 is 18.7 Å². The average molecular weight is 500 g/mol. The Balaban J connectivity index is 1.86. The summed E-state index contributed by atoms with van der Waals surface area (Å²) in [4.78, 5) is 37.7. The third-order valence-electron chi connectivity index (χ3n) is 4.40. The first-order valence-electron chi connectivity index (χ1n) is 11.8. The molecule has 0 fully saturated rings. The summed E-state index contributed by atoms with van der Waals surface area (Å²) in [7, 11) is 1.52. The van der Waals surface area contributed by atoms with E-state index in [0.717, 1.165) is 12.6 Å². The fraction of sp³-hybridized carbons (Fsp3) is 0.480. The highest BCUT2D eigenvalue weighted by Gasteiger charge is 2.20. The molecule has 0 atom stereocenters. The Hall–Kier alpha value is -3.94. The van der Waals surface area contributed by atoms with E-state index in [9.17, 15) is 14.0 Å². The van der Waals surface area contributed by atoms with Crippen molar-refractivity contribution in [1.82, 2.24) is 25.2 Å². The number of likely N-dealkylation sites (N-methyl/N-ethyl adjacent to an activating group) is 1. The predicted octanol–water partition coefficient (Wildman–Crippen LogP) is 3.69. The quantitative estimate of drug-likeness (QED) is 0.334. The first-order valence-corrected chi connectivity index (χ1v) is 11.8. The second-order valence-electron chi connectivity index (χ2n) is 8.99. The molecule has 0 saturated carbocycles. The number of anilines is 3. The SMILES string of the molecule is CCCNc1nc(Nc2cncc(F)c2)ncc1C#CCCCNC(=O)CN(C)C(=O)OC(C)(C)C. The highest BCUT2D eigenvalue weighted by atomic mass is 19.1. The highest BCUT2D eigenvalue weighted by Crippen LogP contribution is 2.17. The Morgan fingerprint density at radius 2 is 1.97 bits per heavy atom. The smallest absolute Gasteiger partial charge is 0.410 e. The van der Waals surface area contributed by atoms with Crippen molar-refractivity contribution in [2.45, 2.75) is 52.6 Å². The van der Waals surface area contributed by atoms with Crippen LogP contribution in [0, 0.1) is 17.7 Å². The van der Waals surface area contributed by atoms with Gasteiger partial charge in [-0.1, -0.05) is 18.8 Å². The van der Waals surface area contributed by atoms with Crippen molar-refractivity contribution in [3.8, 4) is 11.8 Å². The lowest BCUT2D eigenvalue weighted by Crippen LogP contribution is -2.41. The number of hydrogen-bond donors (Lipinski definition) is 3. The molecule has 0 aliphatic heterocycles. The molecule has 0 aliphatic carbocycles. The Morgan fingerprint density at radius 1 is 1.19 bits per heavy atom. The van der Waals surface area contributed by atoms with E-state index in [2.05, 4.69) is 42.7 Å². The predicted molar refractivity (Wildman–Crippen MR) is 136 cm³/mol. The van der Waals surface area contributed by atoms with Gasteiger partial charge in [-0.3, -0.25) is 9.78 Å². The van der Waals surface area contributed by atoms with E-state index in [0.29, 0.717) is 48.9 Å². The molecule has 194 valence electrons. The van der Waals surface area contributed by atoms with Crippen LogP contribution in [0.1, 0.15) is 52.5 Å². The fourth-order valence-corrected chi connectivity index (χ4v) is 2.76. The van der Waals surface area contributed by atoms with E-state index in [4.69, 9.17) is 4.74 Å². The normalized spacial score (nSPS) is 10.6. The van der Waals surface area contributed by atoms with Gasteiger partial charge in [-0.2, -0.15) is 4.98 Å². The second kappa shape index (κ2) is 13.8. The lowest BCUT2D eigenvalue weighted by atomic mass is 10.2. The van der Waals surface area contributed by atoms with E-state index in [1.807, 2.05) is 6.92 Å². The summed E-state index contributed by atoms with van der Waals surface area (Å²) in [5, 5.41) is 8.93. The summed E-state index contributed by atoms with van der Waals surface area (Å²) in [6.07, 6.45) is 5.73. The molecule has 11 heteroatoms. The van der Waals surface area contributed by atoms with Gasteiger partial charge >= 0.3 is 6.09 Å². The molecule has 10 nitrogen and oxygen atoms in total. The van der Waals surface area contributed by atoms with Crippen LogP contribution in [-0.4, -0.2) is 64.1 Å². The zero-order valence-corrected chi connectivity index (χ0v) is 21.4. The van der Waals surface area contributed by atoms with Gasteiger partial charge in [0.25, 0.3) is 0 Å². The van der Waals surface area contributed by atoms with Crippen LogP contribution in [0.4, 0.5) is 26.6 Å². The van der Waals surface area contributed by atoms with Crippen molar-refractivity contribution in [2.24, 2.45) is 0 Å². The number of aromatic nitrogens is 3. The Bertz CT molecular complexity index is 1090. The van der Waals surface area contributed by atoms with Gasteiger partial charge in [-0.25, -0.2) is 14.2 Å². The number of nitrogens with one attached hydrogen (secondary N) is 3. The molecule has 0 radical (unpaired) electrons. The standard InChI is InChI=1S/C25H34FN7O3/c1-6-11-29-22-18(14-30-23(32-22)31-20-13-19(26)15-27-16-20)10-8-7-9-12-28-21(34)17-33(5)24(35)36-25(2,3)4/h13-16H,6-7,9,11-12,17H2,1-5H3,(H,28,34)(H2,29,30,31,32). The van der Waals surface area contributed by atoms with E-state index in [1.165, 1.54) is 24.2 Å². The van der Waals surface area contributed by atoms with Gasteiger partial charge in [0.05, 0.1) is 29.8 Å². The van der Waals surface area contributed by atoms with Crippen molar-refractivity contribution in [1.29, 1.82) is 0 Å². The number of amides is 2. The number of hydrogen-bond acceptors (Lipinski definition) is 8. The summed E-state index contributed by atoms with van der Waals surface area (Å²) < 4.78 is 18.6. The van der Waals surface area contributed by atoms with Crippen molar-refractivity contribution >= 4 is 29.5 Å². The number of ether oxygens (including phenoxy) is 1. The summed E-state index contributed by atoms with van der Waals surface area (Å²) in [5.41, 5.74) is 0.455. The van der Waals surface area contributed by atoms with Crippen LogP contribution in [0.15, 0.2) is 24.7 Å². The topological polar surface area (TPSA) is 121 Å². The molecule has 36 heavy (non-hydrogen) atoms. The Morgan fingerprint density at radius 3 is 2.67 bits per heavy atom. The third-order valence-corrected chi connectivity index (χ3v) is 4.40. The Kier molecular flexibility index (Phi) is 10.9. The van der Waals surface area contributed by atoms with Crippen LogP contribution in [0.5, 0.6) is 0 Å². The van der Waals surface area contributed by atoms with Crippen LogP contribution < -0.4 is 16.0 Å². The van der Waals surface area contributed by atoms with E-state index < -0.39 is 17.5 Å². The van der Waals surface area contributed by atoms with Crippen molar-refractivity contribution in [2.75, 3.05) is 37.3 Å². The molecule has 0 bridgehead atoms. The number of halogens is 1.